The standard InChI is InChI=1S/C27H36N6O3/c1-26(2,3)19-9-7-18(8-10-19)24(34)30-22-17-33-23(29-22)12-11-21(31-33)28-20-13-15-32(16-14-20)25(35)36-27(4,5)6/h7-12,17,20H,13-16H2,1-6H3,(H,28,31)(H,30,34). The SMILES string of the molecule is CC(C)(C)OC(=O)N1CCC(Nc2ccc3nc(NC(=O)c4ccc(C(C)(C)C)cc4)cn3n2)CC1. The van der Waals surface area contributed by atoms with Crippen molar-refractivity contribution in [3.8, 4) is 0 Å². The third-order valence-electron chi connectivity index (χ3n) is 6.07. The molecule has 0 saturated carbocycles. The second-order valence-corrected chi connectivity index (χ2v) is 11.3. The van der Waals surface area contributed by atoms with Crippen LogP contribution in [0.25, 0.3) is 5.65 Å². The lowest BCUT2D eigenvalue weighted by atomic mass is 9.87. The number of carbonyl (C=O) groups is 2. The maximum absolute atomic E-state index is 12.7. The van der Waals surface area contributed by atoms with Crippen LogP contribution in [0.2, 0.25) is 0 Å². The van der Waals surface area contributed by atoms with Crippen LogP contribution in [0.1, 0.15) is 70.3 Å². The van der Waals surface area contributed by atoms with E-state index in [0.717, 1.165) is 12.8 Å². The van der Waals surface area contributed by atoms with Gasteiger partial charge in [0, 0.05) is 24.7 Å². The Kier molecular flexibility index (Phi) is 6.93. The number of hydrogen-bond acceptors (Lipinski definition) is 6. The number of fused-ring (bicyclic) bond motifs is 1. The highest BCUT2D eigenvalue weighted by atomic mass is 16.6. The molecule has 2 amide bonds. The second-order valence-electron chi connectivity index (χ2n) is 11.3. The second kappa shape index (κ2) is 9.79. The molecule has 4 rings (SSSR count). The summed E-state index contributed by atoms with van der Waals surface area (Å²) in [4.78, 5) is 31.2. The predicted molar refractivity (Wildman–Crippen MR) is 141 cm³/mol. The summed E-state index contributed by atoms with van der Waals surface area (Å²) in [5, 5.41) is 10.9. The number of amides is 2. The Bertz CT molecular complexity index is 1230. The number of nitrogens with one attached hydrogen (secondary N) is 2. The number of anilines is 2. The number of aromatic nitrogens is 3. The molecule has 0 radical (unpaired) electrons. The van der Waals surface area contributed by atoms with Crippen LogP contribution in [0, 0.1) is 0 Å². The monoisotopic (exact) mass is 492 g/mol. The lowest BCUT2D eigenvalue weighted by Crippen LogP contribution is -2.44. The Morgan fingerprint density at radius 2 is 1.61 bits per heavy atom. The van der Waals surface area contributed by atoms with E-state index in [1.165, 1.54) is 5.56 Å². The zero-order chi connectivity index (χ0) is 26.1. The summed E-state index contributed by atoms with van der Waals surface area (Å²) in [6.07, 6.45) is 3.04. The molecule has 0 unspecified atom stereocenters. The summed E-state index contributed by atoms with van der Waals surface area (Å²) in [6, 6.07) is 11.6. The van der Waals surface area contributed by atoms with Gasteiger partial charge in [-0.25, -0.2) is 14.3 Å². The first-order valence-electron chi connectivity index (χ1n) is 12.4. The highest BCUT2D eigenvalue weighted by Crippen LogP contribution is 2.23. The van der Waals surface area contributed by atoms with Gasteiger partial charge in [0.05, 0.1) is 6.20 Å². The molecule has 192 valence electrons. The molecule has 36 heavy (non-hydrogen) atoms. The Morgan fingerprint density at radius 3 is 2.22 bits per heavy atom. The highest BCUT2D eigenvalue weighted by molar-refractivity contribution is 6.03. The molecule has 1 aliphatic rings. The Balaban J connectivity index is 1.35. The average molecular weight is 493 g/mol. The Labute approximate surface area is 212 Å². The molecule has 2 N–H and O–H groups in total. The van der Waals surface area contributed by atoms with Crippen molar-refractivity contribution in [2.24, 2.45) is 0 Å². The number of benzene rings is 1. The molecule has 2 aromatic heterocycles. The van der Waals surface area contributed by atoms with Crippen molar-refractivity contribution in [2.45, 2.75) is 71.4 Å². The van der Waals surface area contributed by atoms with Crippen LogP contribution in [-0.2, 0) is 10.2 Å². The number of nitrogens with zero attached hydrogens (tertiary/aromatic N) is 4. The van der Waals surface area contributed by atoms with E-state index >= 15 is 0 Å². The smallest absolute Gasteiger partial charge is 0.410 e. The normalized spacial score (nSPS) is 15.1. The lowest BCUT2D eigenvalue weighted by molar-refractivity contribution is 0.0210. The van der Waals surface area contributed by atoms with Gasteiger partial charge in [0.15, 0.2) is 11.5 Å². The highest BCUT2D eigenvalue weighted by Gasteiger charge is 2.27. The quantitative estimate of drug-likeness (QED) is 0.526. The molecule has 3 heterocycles. The number of ether oxygens (including phenoxy) is 1. The molecule has 9 heteroatoms. The van der Waals surface area contributed by atoms with E-state index < -0.39 is 5.60 Å². The van der Waals surface area contributed by atoms with Crippen LogP contribution in [-0.4, -0.2) is 56.2 Å². The Hall–Kier alpha value is -3.62. The molecule has 1 fully saturated rings. The summed E-state index contributed by atoms with van der Waals surface area (Å²) in [7, 11) is 0. The van der Waals surface area contributed by atoms with Gasteiger partial charge in [-0.05, 0) is 68.9 Å². The van der Waals surface area contributed by atoms with E-state index in [0.29, 0.717) is 35.9 Å². The van der Waals surface area contributed by atoms with E-state index in [4.69, 9.17) is 4.74 Å². The van der Waals surface area contributed by atoms with Gasteiger partial charge in [0.2, 0.25) is 0 Å². The molecule has 1 aliphatic heterocycles. The van der Waals surface area contributed by atoms with Gasteiger partial charge >= 0.3 is 6.09 Å². The first kappa shape index (κ1) is 25.5. The van der Waals surface area contributed by atoms with Gasteiger partial charge in [-0.15, -0.1) is 5.10 Å². The molecule has 0 bridgehead atoms. The summed E-state index contributed by atoms with van der Waals surface area (Å²) in [6.45, 7) is 13.3. The largest absolute Gasteiger partial charge is 0.444 e. The summed E-state index contributed by atoms with van der Waals surface area (Å²) < 4.78 is 7.12. The van der Waals surface area contributed by atoms with Crippen molar-refractivity contribution in [1.82, 2.24) is 19.5 Å². The molecule has 0 aliphatic carbocycles. The van der Waals surface area contributed by atoms with Crippen molar-refractivity contribution in [2.75, 3.05) is 23.7 Å². The van der Waals surface area contributed by atoms with Gasteiger partial charge in [-0.3, -0.25) is 4.79 Å². The number of imidazole rings is 1. The molecule has 0 spiro atoms. The minimum absolute atomic E-state index is 0.0309. The number of likely N-dealkylation sites (tertiary alicyclic amines) is 1. The molecule has 3 aromatic rings. The van der Waals surface area contributed by atoms with E-state index in [2.05, 4.69) is 41.5 Å². The van der Waals surface area contributed by atoms with Crippen molar-refractivity contribution >= 4 is 29.3 Å². The third kappa shape index (κ3) is 6.33. The predicted octanol–water partition coefficient (Wildman–Crippen LogP) is 5.09. The van der Waals surface area contributed by atoms with Crippen molar-refractivity contribution in [3.63, 3.8) is 0 Å². The fourth-order valence-electron chi connectivity index (χ4n) is 4.07. The van der Waals surface area contributed by atoms with E-state index in [-0.39, 0.29) is 23.5 Å². The average Bonchev–Trinajstić information content (AvgIpc) is 3.19. The maximum Gasteiger partial charge on any atom is 0.410 e. The molecular formula is C27H36N6O3. The number of piperidine rings is 1. The number of hydrogen-bond donors (Lipinski definition) is 2. The summed E-state index contributed by atoms with van der Waals surface area (Å²) in [5.74, 6) is 0.940. The van der Waals surface area contributed by atoms with Gasteiger partial charge in [-0.2, -0.15) is 0 Å². The first-order chi connectivity index (χ1) is 16.9. The van der Waals surface area contributed by atoms with E-state index in [9.17, 15) is 9.59 Å². The minimum Gasteiger partial charge on any atom is -0.444 e. The van der Waals surface area contributed by atoms with Crippen LogP contribution in [0.3, 0.4) is 0 Å². The van der Waals surface area contributed by atoms with Crippen molar-refractivity contribution in [3.05, 3.63) is 53.7 Å². The zero-order valence-corrected chi connectivity index (χ0v) is 22.0. The van der Waals surface area contributed by atoms with Gasteiger partial charge in [0.25, 0.3) is 5.91 Å². The van der Waals surface area contributed by atoms with Crippen LogP contribution in [0.4, 0.5) is 16.4 Å². The summed E-state index contributed by atoms with van der Waals surface area (Å²) >= 11 is 0. The number of carbonyl (C=O) groups excluding carboxylic acids is 2. The molecular weight excluding hydrogens is 456 g/mol. The fraction of sp³-hybridized carbons (Fsp3) is 0.481. The third-order valence-corrected chi connectivity index (χ3v) is 6.07. The van der Waals surface area contributed by atoms with Crippen LogP contribution in [0.5, 0.6) is 0 Å². The Morgan fingerprint density at radius 1 is 0.944 bits per heavy atom. The van der Waals surface area contributed by atoms with Gasteiger partial charge < -0.3 is 20.3 Å². The topological polar surface area (TPSA) is 101 Å². The van der Waals surface area contributed by atoms with Crippen molar-refractivity contribution < 1.29 is 14.3 Å². The van der Waals surface area contributed by atoms with Crippen LogP contribution >= 0.6 is 0 Å². The molecule has 1 aromatic carbocycles. The molecule has 9 nitrogen and oxygen atoms in total. The lowest BCUT2D eigenvalue weighted by Gasteiger charge is -2.33. The zero-order valence-electron chi connectivity index (χ0n) is 22.0. The van der Waals surface area contributed by atoms with E-state index in [1.54, 1.807) is 15.6 Å². The fourth-order valence-corrected chi connectivity index (χ4v) is 4.07. The molecule has 1 saturated heterocycles. The van der Waals surface area contributed by atoms with Gasteiger partial charge in [-0.1, -0.05) is 32.9 Å². The van der Waals surface area contributed by atoms with Crippen LogP contribution < -0.4 is 10.6 Å². The maximum atomic E-state index is 12.7. The number of rotatable bonds is 4. The van der Waals surface area contributed by atoms with Crippen LogP contribution in [0.15, 0.2) is 42.6 Å². The van der Waals surface area contributed by atoms with E-state index in [1.807, 2.05) is 57.2 Å². The molecule has 0 atom stereocenters. The first-order valence-corrected chi connectivity index (χ1v) is 12.4. The van der Waals surface area contributed by atoms with Gasteiger partial charge in [0.1, 0.15) is 11.4 Å². The van der Waals surface area contributed by atoms with Crippen molar-refractivity contribution in [1.29, 1.82) is 0 Å². The minimum atomic E-state index is -0.495. The summed E-state index contributed by atoms with van der Waals surface area (Å²) in [5.41, 5.74) is 1.92.